The highest BCUT2D eigenvalue weighted by molar-refractivity contribution is 7.15. The van der Waals surface area contributed by atoms with E-state index in [9.17, 15) is 13.6 Å². The van der Waals surface area contributed by atoms with Crippen molar-refractivity contribution in [3.63, 3.8) is 0 Å². The zero-order valence-corrected chi connectivity index (χ0v) is 15.2. The Labute approximate surface area is 161 Å². The topological polar surface area (TPSA) is 88.0 Å². The summed E-state index contributed by atoms with van der Waals surface area (Å²) in [6.45, 7) is 1.50. The first-order valence-corrected chi connectivity index (χ1v) is 9.01. The molecule has 0 bridgehead atoms. The van der Waals surface area contributed by atoms with Gasteiger partial charge in [0.1, 0.15) is 5.82 Å². The highest BCUT2D eigenvalue weighted by Gasteiger charge is 2.73. The summed E-state index contributed by atoms with van der Waals surface area (Å²) >= 11 is 1.05. The zero-order valence-electron chi connectivity index (χ0n) is 14.4. The molecule has 0 radical (unpaired) electrons. The third-order valence-corrected chi connectivity index (χ3v) is 5.94. The number of benzene rings is 1. The second-order valence-corrected chi connectivity index (χ2v) is 7.47. The lowest BCUT2D eigenvalue weighted by Gasteiger charge is -2.08. The summed E-state index contributed by atoms with van der Waals surface area (Å²) in [6, 6.07) is 4.24. The lowest BCUT2D eigenvalue weighted by Crippen LogP contribution is -2.33. The van der Waals surface area contributed by atoms with Crippen molar-refractivity contribution >= 4 is 17.2 Å². The molecule has 1 saturated carbocycles. The Morgan fingerprint density at radius 2 is 1.89 bits per heavy atom. The summed E-state index contributed by atoms with van der Waals surface area (Å²) < 4.78 is 42.5. The molecule has 6 nitrogen and oxygen atoms in total. The van der Waals surface area contributed by atoms with Crippen molar-refractivity contribution < 1.29 is 23.2 Å². The molecule has 10 heteroatoms. The van der Waals surface area contributed by atoms with E-state index in [1.54, 1.807) is 6.07 Å². The van der Waals surface area contributed by atoms with E-state index in [4.69, 9.17) is 5.21 Å². The summed E-state index contributed by atoms with van der Waals surface area (Å²) in [5.74, 6) is -4.12. The van der Waals surface area contributed by atoms with E-state index >= 15 is 4.39 Å². The molecule has 3 atom stereocenters. The molecule has 144 valence electrons. The first kappa shape index (κ1) is 18.5. The number of nitrogens with one attached hydrogen (secondary N) is 1. The van der Waals surface area contributed by atoms with Gasteiger partial charge in [-0.3, -0.25) is 10.0 Å². The number of hydroxylamine groups is 1. The van der Waals surface area contributed by atoms with Gasteiger partial charge < -0.3 is 0 Å². The number of thiazole rings is 1. The number of hydrogen-bond donors (Lipinski definition) is 2. The van der Waals surface area contributed by atoms with Gasteiger partial charge in [-0.05, 0) is 24.1 Å². The molecule has 1 amide bonds. The van der Waals surface area contributed by atoms with E-state index in [1.165, 1.54) is 30.7 Å². The Morgan fingerprint density at radius 1 is 1.18 bits per heavy atom. The number of hydrogen-bond acceptors (Lipinski definition) is 6. The largest absolute Gasteiger partial charge is 0.289 e. The normalized spacial score (nSPS) is 23.5. The van der Waals surface area contributed by atoms with Gasteiger partial charge in [-0.1, -0.05) is 12.1 Å². The van der Waals surface area contributed by atoms with Crippen LogP contribution >= 0.6 is 11.3 Å². The van der Waals surface area contributed by atoms with Gasteiger partial charge in [0, 0.05) is 22.9 Å². The first-order valence-electron chi connectivity index (χ1n) is 8.20. The van der Waals surface area contributed by atoms with Crippen LogP contribution in [0.3, 0.4) is 0 Å². The summed E-state index contributed by atoms with van der Waals surface area (Å²) in [5.41, 5.74) is -0.534. The molecule has 0 saturated heterocycles. The summed E-state index contributed by atoms with van der Waals surface area (Å²) in [4.78, 5) is 24.3. The fourth-order valence-electron chi connectivity index (χ4n) is 3.42. The molecule has 1 fully saturated rings. The van der Waals surface area contributed by atoms with Crippen LogP contribution in [0.15, 0.2) is 36.8 Å². The van der Waals surface area contributed by atoms with Crippen molar-refractivity contribution in [2.24, 2.45) is 0 Å². The highest BCUT2D eigenvalue weighted by Crippen LogP contribution is 2.67. The number of aromatic nitrogens is 3. The molecular weight excluding hydrogens is 393 g/mol. The van der Waals surface area contributed by atoms with Gasteiger partial charge in [0.15, 0.2) is 16.6 Å². The standard InChI is InChI=1S/C18H13F3N4O2S/c1-8-10(3-2-4-11(8)20)13-14(18(13,21)17(26)25-27)12-7-24-16(28-12)15-22-5-9(19)6-23-15/h2-7,13-14,27H,1H3,(H,25,26)/t13-,14-,18+/m1/s1. The monoisotopic (exact) mass is 406 g/mol. The molecule has 1 aliphatic rings. The maximum Gasteiger partial charge on any atom is 0.282 e. The molecule has 0 aliphatic heterocycles. The van der Waals surface area contributed by atoms with Crippen LogP contribution in [-0.4, -0.2) is 31.7 Å². The van der Waals surface area contributed by atoms with Crippen molar-refractivity contribution in [1.29, 1.82) is 0 Å². The Hall–Kier alpha value is -2.85. The first-order chi connectivity index (χ1) is 13.4. The Morgan fingerprint density at radius 3 is 2.57 bits per heavy atom. The van der Waals surface area contributed by atoms with E-state index < -0.39 is 35.0 Å². The van der Waals surface area contributed by atoms with Crippen molar-refractivity contribution in [2.45, 2.75) is 24.4 Å². The quantitative estimate of drug-likeness (QED) is 0.513. The molecule has 1 aliphatic carbocycles. The smallest absolute Gasteiger partial charge is 0.282 e. The second-order valence-electron chi connectivity index (χ2n) is 6.41. The molecule has 0 spiro atoms. The van der Waals surface area contributed by atoms with E-state index in [1.807, 2.05) is 0 Å². The average Bonchev–Trinajstić information content (AvgIpc) is 3.06. The predicted octanol–water partition coefficient (Wildman–Crippen LogP) is 3.28. The second kappa shape index (κ2) is 6.64. The number of rotatable bonds is 4. The van der Waals surface area contributed by atoms with Gasteiger partial charge in [0.2, 0.25) is 5.67 Å². The third-order valence-electron chi connectivity index (χ3n) is 4.87. The van der Waals surface area contributed by atoms with Crippen LogP contribution in [0.5, 0.6) is 0 Å². The minimum absolute atomic E-state index is 0.160. The van der Waals surface area contributed by atoms with E-state index in [0.29, 0.717) is 15.4 Å². The van der Waals surface area contributed by atoms with Crippen LogP contribution in [0.4, 0.5) is 13.2 Å². The van der Waals surface area contributed by atoms with Crippen LogP contribution in [0.1, 0.15) is 27.8 Å². The number of carbonyl (C=O) groups excluding carboxylic acids is 1. The molecule has 0 unspecified atom stereocenters. The van der Waals surface area contributed by atoms with Crippen molar-refractivity contribution in [3.05, 3.63) is 64.4 Å². The fraction of sp³-hybridized carbons (Fsp3) is 0.222. The van der Waals surface area contributed by atoms with E-state index in [0.717, 1.165) is 23.7 Å². The molecule has 4 rings (SSSR count). The van der Waals surface area contributed by atoms with Crippen LogP contribution in [0, 0.1) is 18.6 Å². The van der Waals surface area contributed by atoms with Gasteiger partial charge >= 0.3 is 0 Å². The molecule has 2 N–H and O–H groups in total. The fourth-order valence-corrected chi connectivity index (χ4v) is 4.49. The van der Waals surface area contributed by atoms with Gasteiger partial charge in [0.25, 0.3) is 5.91 Å². The minimum Gasteiger partial charge on any atom is -0.289 e. The van der Waals surface area contributed by atoms with E-state index in [2.05, 4.69) is 15.0 Å². The summed E-state index contributed by atoms with van der Waals surface area (Å²) in [7, 11) is 0. The number of amides is 1. The van der Waals surface area contributed by atoms with Gasteiger partial charge in [0.05, 0.1) is 12.4 Å². The third kappa shape index (κ3) is 2.76. The molecule has 2 aromatic heterocycles. The number of halogens is 3. The molecule has 2 heterocycles. The van der Waals surface area contributed by atoms with Gasteiger partial charge in [-0.2, -0.15) is 0 Å². The Kier molecular flexibility index (Phi) is 4.39. The van der Waals surface area contributed by atoms with Crippen LogP contribution in [-0.2, 0) is 4.79 Å². The molecular formula is C18H13F3N4O2S. The lowest BCUT2D eigenvalue weighted by atomic mass is 10.0. The van der Waals surface area contributed by atoms with E-state index in [-0.39, 0.29) is 11.4 Å². The van der Waals surface area contributed by atoms with Gasteiger partial charge in [-0.15, -0.1) is 11.3 Å². The van der Waals surface area contributed by atoms with Crippen LogP contribution in [0.25, 0.3) is 10.8 Å². The van der Waals surface area contributed by atoms with Crippen molar-refractivity contribution in [3.8, 4) is 10.8 Å². The SMILES string of the molecule is Cc1c(F)cccc1[C@@H]1[C@@H](c2cnc(-c3ncc(F)cn3)s2)[C@]1(F)C(=O)NO. The number of nitrogens with zero attached hydrogens (tertiary/aromatic N) is 3. The maximum absolute atomic E-state index is 15.6. The number of alkyl halides is 1. The average molecular weight is 406 g/mol. The predicted molar refractivity (Wildman–Crippen MR) is 93.5 cm³/mol. The van der Waals surface area contributed by atoms with Crippen LogP contribution in [0.2, 0.25) is 0 Å². The molecule has 28 heavy (non-hydrogen) atoms. The molecule has 3 aromatic rings. The van der Waals surface area contributed by atoms with Crippen molar-refractivity contribution in [1.82, 2.24) is 20.4 Å². The Bertz CT molecular complexity index is 1060. The number of carbonyl (C=O) groups is 1. The highest BCUT2D eigenvalue weighted by atomic mass is 32.1. The summed E-state index contributed by atoms with van der Waals surface area (Å²) in [5, 5.41) is 9.31. The minimum atomic E-state index is -2.46. The Balaban J connectivity index is 1.74. The summed E-state index contributed by atoms with van der Waals surface area (Å²) in [6.07, 6.45) is 3.35. The van der Waals surface area contributed by atoms with Gasteiger partial charge in [-0.25, -0.2) is 33.6 Å². The maximum atomic E-state index is 15.6. The zero-order chi connectivity index (χ0) is 20.1. The van der Waals surface area contributed by atoms with Crippen molar-refractivity contribution in [2.75, 3.05) is 0 Å². The van der Waals surface area contributed by atoms with Crippen LogP contribution < -0.4 is 5.48 Å². The lowest BCUT2D eigenvalue weighted by molar-refractivity contribution is -0.136. The molecule has 1 aromatic carbocycles.